The lowest BCUT2D eigenvalue weighted by atomic mass is 10.5. The predicted molar refractivity (Wildman–Crippen MR) is 60.8 cm³/mol. The lowest BCUT2D eigenvalue weighted by molar-refractivity contribution is 0.411. The quantitative estimate of drug-likeness (QED) is 0.556. The van der Waals surface area contributed by atoms with Gasteiger partial charge < -0.3 is 4.90 Å². The fourth-order valence-corrected chi connectivity index (χ4v) is 2.38. The van der Waals surface area contributed by atoms with E-state index in [0.717, 1.165) is 17.5 Å². The summed E-state index contributed by atoms with van der Waals surface area (Å²) < 4.78 is 1.09. The first-order chi connectivity index (χ1) is 4.76. The molecule has 0 unspecified atom stereocenters. The summed E-state index contributed by atoms with van der Waals surface area (Å²) in [6.45, 7) is 10.4. The molecule has 0 spiro atoms. The molecular weight excluding hydrogens is 256 g/mol. The molecular formula is C6H13BINS. The van der Waals surface area contributed by atoms with E-state index in [9.17, 15) is 0 Å². The summed E-state index contributed by atoms with van der Waals surface area (Å²) >= 11 is 4.15. The van der Waals surface area contributed by atoms with Gasteiger partial charge in [0.1, 0.15) is 0 Å². The van der Waals surface area contributed by atoms with Crippen LogP contribution in [-0.2, 0) is 0 Å². The highest BCUT2D eigenvalue weighted by atomic mass is 127. The molecule has 0 N–H and O–H groups in total. The van der Waals surface area contributed by atoms with Crippen molar-refractivity contribution >= 4 is 38.4 Å². The molecule has 0 aliphatic heterocycles. The summed E-state index contributed by atoms with van der Waals surface area (Å²) in [5, 5.41) is 1.19. The Morgan fingerprint density at radius 3 is 2.40 bits per heavy atom. The van der Waals surface area contributed by atoms with Crippen molar-refractivity contribution in [3.8, 4) is 0 Å². The third-order valence-electron chi connectivity index (χ3n) is 1.34. The second-order valence-corrected chi connectivity index (χ2v) is 4.67. The first-order valence-corrected chi connectivity index (χ1v) is 5.90. The second kappa shape index (κ2) is 6.40. The van der Waals surface area contributed by atoms with Gasteiger partial charge in [-0.05, 0) is 13.8 Å². The van der Waals surface area contributed by atoms with Crippen molar-refractivity contribution in [1.82, 2.24) is 4.90 Å². The van der Waals surface area contributed by atoms with Crippen molar-refractivity contribution in [3.63, 3.8) is 0 Å². The molecule has 0 rings (SSSR count). The maximum Gasteiger partial charge on any atom is 0.272 e. The zero-order chi connectivity index (χ0) is 7.98. The van der Waals surface area contributed by atoms with Gasteiger partial charge >= 0.3 is 0 Å². The van der Waals surface area contributed by atoms with Gasteiger partial charge in [-0.25, -0.2) is 0 Å². The highest BCUT2D eigenvalue weighted by Crippen LogP contribution is 2.17. The van der Waals surface area contributed by atoms with Gasteiger partial charge in [0.2, 0.25) is 0 Å². The van der Waals surface area contributed by atoms with E-state index in [1.54, 1.807) is 11.6 Å². The minimum atomic E-state index is 1.07. The molecule has 0 saturated heterocycles. The highest BCUT2D eigenvalue weighted by molar-refractivity contribution is 14.1. The fraction of sp³-hybridized carbons (Fsp3) is 0.667. The molecule has 0 aliphatic carbocycles. The van der Waals surface area contributed by atoms with Crippen LogP contribution >= 0.6 is 34.0 Å². The Bertz CT molecular complexity index is 106. The van der Waals surface area contributed by atoms with Gasteiger partial charge in [-0.1, -0.05) is 6.58 Å². The third kappa shape index (κ3) is 3.76. The van der Waals surface area contributed by atoms with Gasteiger partial charge in [0.05, 0.1) is 5.03 Å². The van der Waals surface area contributed by atoms with E-state index in [1.165, 1.54) is 5.03 Å². The molecule has 0 aromatic carbocycles. The van der Waals surface area contributed by atoms with E-state index in [1.807, 2.05) is 0 Å². The van der Waals surface area contributed by atoms with Crippen LogP contribution < -0.4 is 0 Å². The standard InChI is InChI=1S/C6H13BINS/c1-4-9(5-2)6(3)10-7-8/h7H,3-5H2,1-2H3. The Morgan fingerprint density at radius 2 is 2.10 bits per heavy atom. The van der Waals surface area contributed by atoms with Gasteiger partial charge in [0.15, 0.2) is 0 Å². The first kappa shape index (κ1) is 10.7. The zero-order valence-corrected chi connectivity index (χ0v) is 9.54. The Hall–Kier alpha value is 0.685. The summed E-state index contributed by atoms with van der Waals surface area (Å²) in [7, 11) is 0. The van der Waals surface area contributed by atoms with Gasteiger partial charge in [0.25, 0.3) is 4.41 Å². The average Bonchev–Trinajstić information content (AvgIpc) is 1.91. The maximum absolute atomic E-state index is 3.97. The van der Waals surface area contributed by atoms with Crippen molar-refractivity contribution in [3.05, 3.63) is 11.6 Å². The van der Waals surface area contributed by atoms with E-state index in [2.05, 4.69) is 47.7 Å². The normalized spacial score (nSPS) is 9.10. The lowest BCUT2D eigenvalue weighted by Gasteiger charge is -2.21. The molecule has 0 atom stereocenters. The Balaban J connectivity index is 3.65. The number of hydrogen-bond acceptors (Lipinski definition) is 2. The number of rotatable bonds is 5. The van der Waals surface area contributed by atoms with Crippen molar-refractivity contribution in [2.24, 2.45) is 0 Å². The van der Waals surface area contributed by atoms with Crippen LogP contribution in [0.25, 0.3) is 0 Å². The van der Waals surface area contributed by atoms with Crippen LogP contribution in [0.15, 0.2) is 11.6 Å². The van der Waals surface area contributed by atoms with E-state index < -0.39 is 0 Å². The molecule has 1 nitrogen and oxygen atoms in total. The van der Waals surface area contributed by atoms with Crippen LogP contribution in [0, 0.1) is 0 Å². The van der Waals surface area contributed by atoms with Gasteiger partial charge in [-0.2, -0.15) is 0 Å². The summed E-state index contributed by atoms with van der Waals surface area (Å²) in [5.41, 5.74) is 0. The Kier molecular flexibility index (Phi) is 6.84. The van der Waals surface area contributed by atoms with Crippen LogP contribution in [0.5, 0.6) is 0 Å². The average molecular weight is 269 g/mol. The van der Waals surface area contributed by atoms with Crippen LogP contribution in [0.4, 0.5) is 0 Å². The molecule has 0 bridgehead atoms. The molecule has 0 fully saturated rings. The Morgan fingerprint density at radius 1 is 1.60 bits per heavy atom. The molecule has 0 radical (unpaired) electrons. The van der Waals surface area contributed by atoms with E-state index >= 15 is 0 Å². The molecule has 0 aromatic heterocycles. The smallest absolute Gasteiger partial charge is 0.272 e. The predicted octanol–water partition coefficient (Wildman–Crippen LogP) is 2.23. The monoisotopic (exact) mass is 269 g/mol. The summed E-state index contributed by atoms with van der Waals surface area (Å²) in [5.74, 6) is 0. The van der Waals surface area contributed by atoms with Crippen LogP contribution in [0.1, 0.15) is 13.8 Å². The minimum Gasteiger partial charge on any atom is -0.368 e. The van der Waals surface area contributed by atoms with Crippen molar-refractivity contribution in [1.29, 1.82) is 0 Å². The summed E-state index contributed by atoms with van der Waals surface area (Å²) in [4.78, 5) is 2.27. The molecule has 0 amide bonds. The van der Waals surface area contributed by atoms with Gasteiger partial charge in [-0.15, -0.1) is 34.0 Å². The largest absolute Gasteiger partial charge is 0.368 e. The molecule has 0 aliphatic rings. The van der Waals surface area contributed by atoms with Crippen LogP contribution in [-0.4, -0.2) is 22.4 Å². The number of halogens is 1. The number of nitrogens with zero attached hydrogens (tertiary/aromatic N) is 1. The van der Waals surface area contributed by atoms with E-state index in [-0.39, 0.29) is 0 Å². The van der Waals surface area contributed by atoms with Crippen LogP contribution in [0.3, 0.4) is 0 Å². The topological polar surface area (TPSA) is 3.24 Å². The lowest BCUT2D eigenvalue weighted by Crippen LogP contribution is -2.19. The summed E-state index contributed by atoms with van der Waals surface area (Å²) in [6, 6.07) is 0. The maximum atomic E-state index is 3.97. The molecule has 58 valence electrons. The summed E-state index contributed by atoms with van der Waals surface area (Å²) in [6.07, 6.45) is 0. The van der Waals surface area contributed by atoms with Crippen molar-refractivity contribution < 1.29 is 0 Å². The number of hydrogen-bond donors (Lipinski definition) is 0. The van der Waals surface area contributed by atoms with Gasteiger partial charge in [-0.3, -0.25) is 0 Å². The fourth-order valence-electron chi connectivity index (χ4n) is 0.731. The molecule has 10 heavy (non-hydrogen) atoms. The van der Waals surface area contributed by atoms with Gasteiger partial charge in [0, 0.05) is 13.1 Å². The van der Waals surface area contributed by atoms with Crippen molar-refractivity contribution in [2.45, 2.75) is 13.8 Å². The molecule has 0 aromatic rings. The van der Waals surface area contributed by atoms with E-state index in [4.69, 9.17) is 0 Å². The SMILES string of the molecule is C=C(SBI)N(CC)CC. The highest BCUT2D eigenvalue weighted by Gasteiger charge is 2.01. The van der Waals surface area contributed by atoms with Crippen molar-refractivity contribution in [2.75, 3.05) is 13.1 Å². The van der Waals surface area contributed by atoms with Crippen LogP contribution in [0.2, 0.25) is 0 Å². The molecule has 4 heteroatoms. The third-order valence-corrected chi connectivity index (χ3v) is 2.97. The molecule has 0 heterocycles. The second-order valence-electron chi connectivity index (χ2n) is 1.82. The Labute approximate surface area is 81.6 Å². The first-order valence-electron chi connectivity index (χ1n) is 3.38. The zero-order valence-electron chi connectivity index (χ0n) is 6.56. The van der Waals surface area contributed by atoms with E-state index in [0.29, 0.717) is 0 Å². The molecule has 0 saturated carbocycles. The minimum absolute atomic E-state index is 1.07.